The van der Waals surface area contributed by atoms with Crippen molar-refractivity contribution in [3.05, 3.63) is 65.0 Å². The van der Waals surface area contributed by atoms with E-state index in [9.17, 15) is 9.90 Å². The summed E-state index contributed by atoms with van der Waals surface area (Å²) in [6.45, 7) is 3.31. The maximum atomic E-state index is 13.2. The highest BCUT2D eigenvalue weighted by Crippen LogP contribution is 2.37. The summed E-state index contributed by atoms with van der Waals surface area (Å²) in [5, 5.41) is 12.0. The number of aromatic nitrogens is 1. The van der Waals surface area contributed by atoms with E-state index < -0.39 is 5.60 Å². The van der Waals surface area contributed by atoms with E-state index in [0.717, 1.165) is 55.3 Å². The van der Waals surface area contributed by atoms with Crippen LogP contribution in [0.25, 0.3) is 0 Å². The van der Waals surface area contributed by atoms with Crippen molar-refractivity contribution in [2.75, 3.05) is 19.8 Å². The molecule has 1 amide bonds. The summed E-state index contributed by atoms with van der Waals surface area (Å²) in [5.41, 5.74) is 3.46. The van der Waals surface area contributed by atoms with E-state index in [1.807, 2.05) is 31.3 Å². The van der Waals surface area contributed by atoms with E-state index in [1.165, 1.54) is 5.56 Å². The number of benzene rings is 1. The van der Waals surface area contributed by atoms with E-state index in [2.05, 4.69) is 23.2 Å². The Labute approximate surface area is 189 Å². The number of amides is 1. The monoisotopic (exact) mass is 436 g/mol. The molecule has 3 fully saturated rings. The molecular formula is C26H32N2O4. The number of aliphatic hydroxyl groups is 1. The Hall–Kier alpha value is -2.28. The van der Waals surface area contributed by atoms with Gasteiger partial charge in [-0.3, -0.25) is 14.6 Å². The van der Waals surface area contributed by atoms with Gasteiger partial charge in [0.1, 0.15) is 5.60 Å². The number of hydroxylamine groups is 2. The number of rotatable bonds is 5. The van der Waals surface area contributed by atoms with Crippen molar-refractivity contribution in [3.8, 4) is 0 Å². The highest BCUT2D eigenvalue weighted by atomic mass is 16.7. The van der Waals surface area contributed by atoms with Gasteiger partial charge in [-0.1, -0.05) is 30.3 Å². The van der Waals surface area contributed by atoms with Crippen molar-refractivity contribution in [3.63, 3.8) is 0 Å². The molecule has 32 heavy (non-hydrogen) atoms. The summed E-state index contributed by atoms with van der Waals surface area (Å²) in [4.78, 5) is 23.4. The first-order valence-corrected chi connectivity index (χ1v) is 11.8. The molecule has 6 heteroatoms. The molecule has 1 N–H and O–H groups in total. The van der Waals surface area contributed by atoms with E-state index >= 15 is 0 Å². The largest absolute Gasteiger partial charge is 0.380 e. The Morgan fingerprint density at radius 2 is 1.84 bits per heavy atom. The van der Waals surface area contributed by atoms with Crippen LogP contribution < -0.4 is 0 Å². The Morgan fingerprint density at radius 3 is 2.47 bits per heavy atom. The molecule has 1 aromatic carbocycles. The molecule has 2 aliphatic heterocycles. The second-order valence-electron chi connectivity index (χ2n) is 9.68. The van der Waals surface area contributed by atoms with Crippen molar-refractivity contribution in [2.24, 2.45) is 11.8 Å². The molecule has 5 rings (SSSR count). The smallest absolute Gasteiger partial charge is 0.249 e. The second kappa shape index (κ2) is 8.93. The van der Waals surface area contributed by atoms with Gasteiger partial charge in [0, 0.05) is 24.2 Å². The number of carbonyl (C=O) groups is 1. The van der Waals surface area contributed by atoms with E-state index in [4.69, 9.17) is 9.57 Å². The van der Waals surface area contributed by atoms with Crippen LogP contribution in [-0.2, 0) is 26.4 Å². The highest BCUT2D eigenvalue weighted by Gasteiger charge is 2.38. The molecule has 1 saturated carbocycles. The molecule has 2 saturated heterocycles. The normalized spacial score (nSPS) is 27.2. The van der Waals surface area contributed by atoms with Crippen molar-refractivity contribution < 1.29 is 19.5 Å². The minimum Gasteiger partial charge on any atom is -0.380 e. The molecule has 2 aromatic rings. The lowest BCUT2D eigenvalue weighted by Crippen LogP contribution is -2.46. The predicted octanol–water partition coefficient (Wildman–Crippen LogP) is 3.86. The van der Waals surface area contributed by atoms with Crippen molar-refractivity contribution in [1.82, 2.24) is 10.0 Å². The Morgan fingerprint density at radius 1 is 1.09 bits per heavy atom. The van der Waals surface area contributed by atoms with Crippen molar-refractivity contribution in [2.45, 2.75) is 57.1 Å². The zero-order valence-corrected chi connectivity index (χ0v) is 18.7. The third-order valence-electron chi connectivity index (χ3n) is 7.33. The number of nitrogens with zero attached hydrogens (tertiary/aromatic N) is 2. The summed E-state index contributed by atoms with van der Waals surface area (Å²) in [6, 6.07) is 12.3. The minimum atomic E-state index is -0.804. The molecule has 1 aromatic heterocycles. The molecule has 3 heterocycles. The molecule has 0 radical (unpaired) electrons. The first-order valence-electron chi connectivity index (χ1n) is 11.8. The molecule has 0 unspecified atom stereocenters. The summed E-state index contributed by atoms with van der Waals surface area (Å²) in [6.07, 6.45) is 7.65. The summed E-state index contributed by atoms with van der Waals surface area (Å²) >= 11 is 0. The van der Waals surface area contributed by atoms with E-state index in [0.29, 0.717) is 25.7 Å². The third kappa shape index (κ3) is 4.32. The molecule has 1 atom stereocenters. The molecule has 0 bridgehead atoms. The molecule has 1 aliphatic carbocycles. The van der Waals surface area contributed by atoms with Gasteiger partial charge in [-0.15, -0.1) is 0 Å². The van der Waals surface area contributed by atoms with E-state index in [1.54, 1.807) is 5.06 Å². The first-order chi connectivity index (χ1) is 15.5. The van der Waals surface area contributed by atoms with Gasteiger partial charge < -0.3 is 9.84 Å². The van der Waals surface area contributed by atoms with Crippen LogP contribution >= 0.6 is 0 Å². The van der Waals surface area contributed by atoms with Gasteiger partial charge in [0.25, 0.3) is 0 Å². The van der Waals surface area contributed by atoms with Crippen LogP contribution in [0.4, 0.5) is 0 Å². The molecule has 6 nitrogen and oxygen atoms in total. The molecule has 3 aliphatic rings. The Bertz CT molecular complexity index is 931. The summed E-state index contributed by atoms with van der Waals surface area (Å²) in [7, 11) is 0. The molecular weight excluding hydrogens is 404 g/mol. The van der Waals surface area contributed by atoms with Crippen LogP contribution in [0.1, 0.15) is 60.5 Å². The van der Waals surface area contributed by atoms with Gasteiger partial charge in [0.15, 0.2) is 0 Å². The number of aryl methyl sites for hydroxylation is 1. The molecule has 0 spiro atoms. The van der Waals surface area contributed by atoms with Crippen LogP contribution in [0.5, 0.6) is 0 Å². The number of carbonyl (C=O) groups excluding carboxylic acids is 1. The van der Waals surface area contributed by atoms with Crippen LogP contribution in [0, 0.1) is 18.8 Å². The number of hydrogen-bond acceptors (Lipinski definition) is 5. The zero-order valence-electron chi connectivity index (χ0n) is 18.7. The van der Waals surface area contributed by atoms with Crippen LogP contribution in [0.2, 0.25) is 0 Å². The van der Waals surface area contributed by atoms with Gasteiger partial charge in [-0.05, 0) is 67.7 Å². The van der Waals surface area contributed by atoms with Crippen LogP contribution in [-0.4, -0.2) is 40.9 Å². The number of ether oxygens (including phenoxy) is 1. The lowest BCUT2D eigenvalue weighted by Gasteiger charge is -2.36. The van der Waals surface area contributed by atoms with Gasteiger partial charge in [0.2, 0.25) is 5.91 Å². The quantitative estimate of drug-likeness (QED) is 0.771. The van der Waals surface area contributed by atoms with Crippen molar-refractivity contribution >= 4 is 5.91 Å². The fourth-order valence-corrected chi connectivity index (χ4v) is 5.21. The maximum Gasteiger partial charge on any atom is 0.249 e. The van der Waals surface area contributed by atoms with Gasteiger partial charge in [0.05, 0.1) is 25.9 Å². The van der Waals surface area contributed by atoms with Gasteiger partial charge in [-0.2, -0.15) is 0 Å². The summed E-state index contributed by atoms with van der Waals surface area (Å²) < 4.78 is 5.15. The third-order valence-corrected chi connectivity index (χ3v) is 7.33. The first kappa shape index (κ1) is 21.6. The number of pyridine rings is 1. The second-order valence-corrected chi connectivity index (χ2v) is 9.68. The molecule has 170 valence electrons. The fraction of sp³-hybridized carbons (Fsp3) is 0.538. The van der Waals surface area contributed by atoms with Gasteiger partial charge in [-0.25, -0.2) is 5.06 Å². The fourth-order valence-electron chi connectivity index (χ4n) is 5.21. The zero-order chi connectivity index (χ0) is 22.1. The Kier molecular flexibility index (Phi) is 6.01. The average molecular weight is 437 g/mol. The SMILES string of the molecule is Cc1ccc([C@@H]2CCON2C(=O)[C@H]2CC[C@H](Cc3ccc(C4(O)COC4)cc3)CC2)cn1. The Balaban J connectivity index is 1.15. The van der Waals surface area contributed by atoms with Crippen LogP contribution in [0.3, 0.4) is 0 Å². The van der Waals surface area contributed by atoms with Crippen LogP contribution in [0.15, 0.2) is 42.6 Å². The lowest BCUT2D eigenvalue weighted by molar-refractivity contribution is -0.184. The summed E-state index contributed by atoms with van der Waals surface area (Å²) in [5.74, 6) is 0.768. The van der Waals surface area contributed by atoms with E-state index in [-0.39, 0.29) is 17.9 Å². The van der Waals surface area contributed by atoms with Gasteiger partial charge >= 0.3 is 0 Å². The maximum absolute atomic E-state index is 13.2. The van der Waals surface area contributed by atoms with Crippen molar-refractivity contribution in [1.29, 1.82) is 0 Å². The predicted molar refractivity (Wildman–Crippen MR) is 119 cm³/mol. The topological polar surface area (TPSA) is 71.9 Å². The number of hydrogen-bond donors (Lipinski definition) is 1. The standard InChI is InChI=1S/C26H32N2O4/c1-18-2-7-22(15-27-18)24-12-13-32-28(24)25(29)21-8-3-19(4-9-21)14-20-5-10-23(11-6-20)26(30)16-31-17-26/h2,5-7,10-11,15,19,21,24,30H,3-4,8-9,12-14,16-17H2,1H3/t19-,21-,24-/m0/s1. The average Bonchev–Trinajstić information content (AvgIpc) is 3.28. The minimum absolute atomic E-state index is 0.0253. The highest BCUT2D eigenvalue weighted by molar-refractivity contribution is 5.78. The lowest BCUT2D eigenvalue weighted by atomic mass is 9.78.